The molecular formula is C20H21N3O2S. The quantitative estimate of drug-likeness (QED) is 0.717. The molecule has 3 N–H and O–H groups in total. The molecule has 1 amide bonds. The Morgan fingerprint density at radius 1 is 1.23 bits per heavy atom. The molecular weight excluding hydrogens is 346 g/mol. The van der Waals surface area contributed by atoms with E-state index in [0.29, 0.717) is 23.0 Å². The minimum Gasteiger partial charge on any atom is -0.365 e. The molecule has 0 saturated heterocycles. The minimum absolute atomic E-state index is 0.0283. The van der Waals surface area contributed by atoms with Crippen molar-refractivity contribution in [2.75, 3.05) is 5.32 Å². The van der Waals surface area contributed by atoms with Gasteiger partial charge in [-0.15, -0.1) is 11.3 Å². The van der Waals surface area contributed by atoms with E-state index >= 15 is 0 Å². The first kappa shape index (κ1) is 16.8. The summed E-state index contributed by atoms with van der Waals surface area (Å²) in [5.41, 5.74) is 9.56. The molecule has 2 heterocycles. The zero-order chi connectivity index (χ0) is 18.4. The molecule has 0 atom stereocenters. The summed E-state index contributed by atoms with van der Waals surface area (Å²) < 4.78 is 1.79. The third-order valence-corrected chi connectivity index (χ3v) is 6.21. The summed E-state index contributed by atoms with van der Waals surface area (Å²) in [6.07, 6.45) is 2.31. The van der Waals surface area contributed by atoms with E-state index < -0.39 is 5.91 Å². The van der Waals surface area contributed by atoms with Gasteiger partial charge in [-0.2, -0.15) is 0 Å². The first-order chi connectivity index (χ1) is 12.4. The zero-order valence-corrected chi connectivity index (χ0v) is 15.7. The molecule has 1 aliphatic carbocycles. The number of aryl methyl sites for hydroxylation is 2. The number of carbonyl (C=O) groups excluding carboxylic acids is 1. The maximum absolute atomic E-state index is 12.4. The number of nitrogens with one attached hydrogen (secondary N) is 1. The number of hydrogen-bond donors (Lipinski definition) is 2. The molecule has 1 aromatic carbocycles. The van der Waals surface area contributed by atoms with Crippen LogP contribution in [-0.2, 0) is 6.54 Å². The van der Waals surface area contributed by atoms with Gasteiger partial charge in [-0.1, -0.05) is 6.07 Å². The van der Waals surface area contributed by atoms with Gasteiger partial charge in [0.1, 0.15) is 9.71 Å². The number of thiophene rings is 1. The number of carbonyl (C=O) groups is 1. The van der Waals surface area contributed by atoms with Gasteiger partial charge < -0.3 is 11.1 Å². The lowest BCUT2D eigenvalue weighted by atomic mass is 10.1. The van der Waals surface area contributed by atoms with Gasteiger partial charge in [-0.05, 0) is 61.9 Å². The van der Waals surface area contributed by atoms with Crippen LogP contribution < -0.4 is 16.6 Å². The number of anilines is 2. The molecule has 0 aliphatic heterocycles. The van der Waals surface area contributed by atoms with Crippen molar-refractivity contribution < 1.29 is 4.79 Å². The summed E-state index contributed by atoms with van der Waals surface area (Å²) in [6, 6.07) is 9.43. The second-order valence-corrected chi connectivity index (χ2v) is 8.04. The molecule has 6 heteroatoms. The molecule has 0 bridgehead atoms. The Labute approximate surface area is 155 Å². The van der Waals surface area contributed by atoms with Crippen LogP contribution in [0.2, 0.25) is 0 Å². The molecule has 0 radical (unpaired) electrons. The number of aromatic nitrogens is 1. The van der Waals surface area contributed by atoms with Gasteiger partial charge in [0.05, 0.1) is 5.69 Å². The van der Waals surface area contributed by atoms with Gasteiger partial charge in [0.25, 0.3) is 11.5 Å². The monoisotopic (exact) mass is 367 g/mol. The minimum atomic E-state index is -0.483. The lowest BCUT2D eigenvalue weighted by Crippen LogP contribution is -2.19. The second kappa shape index (κ2) is 6.29. The van der Waals surface area contributed by atoms with Crippen LogP contribution >= 0.6 is 11.3 Å². The second-order valence-electron chi connectivity index (χ2n) is 7.04. The maximum atomic E-state index is 12.4. The van der Waals surface area contributed by atoms with Crippen molar-refractivity contribution in [2.24, 2.45) is 11.7 Å². The van der Waals surface area contributed by atoms with Crippen molar-refractivity contribution in [1.82, 2.24) is 4.57 Å². The highest BCUT2D eigenvalue weighted by Gasteiger charge is 2.25. The average Bonchev–Trinajstić information content (AvgIpc) is 3.34. The largest absolute Gasteiger partial charge is 0.365 e. The van der Waals surface area contributed by atoms with E-state index in [2.05, 4.69) is 19.2 Å². The van der Waals surface area contributed by atoms with Crippen LogP contribution in [0.15, 0.2) is 35.1 Å². The number of nitrogens with zero attached hydrogens (tertiary/aromatic N) is 1. The maximum Gasteiger partial charge on any atom is 0.261 e. The summed E-state index contributed by atoms with van der Waals surface area (Å²) in [7, 11) is 0. The SMILES string of the molecule is Cc1ccc(Nc2c(C(N)=O)sc3c2ccc(=O)n3CC2CC2)cc1C. The van der Waals surface area contributed by atoms with E-state index in [1.54, 1.807) is 16.7 Å². The molecule has 1 fully saturated rings. The van der Waals surface area contributed by atoms with E-state index in [1.807, 2.05) is 18.2 Å². The van der Waals surface area contributed by atoms with E-state index in [-0.39, 0.29) is 5.56 Å². The summed E-state index contributed by atoms with van der Waals surface area (Å²) in [5, 5.41) is 4.22. The van der Waals surface area contributed by atoms with Crippen molar-refractivity contribution in [3.63, 3.8) is 0 Å². The van der Waals surface area contributed by atoms with Gasteiger partial charge in [0.2, 0.25) is 0 Å². The van der Waals surface area contributed by atoms with E-state index in [9.17, 15) is 9.59 Å². The lowest BCUT2D eigenvalue weighted by Gasteiger charge is -2.10. The van der Waals surface area contributed by atoms with Crippen LogP contribution in [-0.4, -0.2) is 10.5 Å². The van der Waals surface area contributed by atoms with Gasteiger partial charge in [0.15, 0.2) is 0 Å². The van der Waals surface area contributed by atoms with Crippen molar-refractivity contribution in [2.45, 2.75) is 33.2 Å². The third kappa shape index (κ3) is 3.01. The van der Waals surface area contributed by atoms with Gasteiger partial charge in [0, 0.05) is 23.7 Å². The van der Waals surface area contributed by atoms with E-state index in [1.165, 1.54) is 22.5 Å². The smallest absolute Gasteiger partial charge is 0.261 e. The Hall–Kier alpha value is -2.60. The summed E-state index contributed by atoms with van der Waals surface area (Å²) in [6.45, 7) is 4.82. The van der Waals surface area contributed by atoms with Crippen molar-refractivity contribution in [1.29, 1.82) is 0 Å². The molecule has 26 heavy (non-hydrogen) atoms. The third-order valence-electron chi connectivity index (χ3n) is 4.97. The fourth-order valence-corrected chi connectivity index (χ4v) is 4.24. The van der Waals surface area contributed by atoms with Crippen LogP contribution in [0.25, 0.3) is 10.2 Å². The average molecular weight is 367 g/mol. The zero-order valence-electron chi connectivity index (χ0n) is 14.8. The molecule has 4 rings (SSSR count). The first-order valence-corrected chi connectivity index (χ1v) is 9.56. The predicted molar refractivity (Wildman–Crippen MR) is 107 cm³/mol. The Morgan fingerprint density at radius 3 is 2.65 bits per heavy atom. The van der Waals surface area contributed by atoms with Crippen LogP contribution in [0.5, 0.6) is 0 Å². The topological polar surface area (TPSA) is 77.1 Å². The molecule has 134 valence electrons. The molecule has 1 saturated carbocycles. The summed E-state index contributed by atoms with van der Waals surface area (Å²) in [4.78, 5) is 25.7. The molecule has 2 aromatic heterocycles. The number of pyridine rings is 1. The van der Waals surface area contributed by atoms with E-state index in [4.69, 9.17) is 5.73 Å². The Balaban J connectivity index is 1.86. The number of hydrogen-bond acceptors (Lipinski definition) is 4. The fourth-order valence-electron chi connectivity index (χ4n) is 3.12. The summed E-state index contributed by atoms with van der Waals surface area (Å²) >= 11 is 1.30. The first-order valence-electron chi connectivity index (χ1n) is 8.74. The van der Waals surface area contributed by atoms with Gasteiger partial charge >= 0.3 is 0 Å². The number of benzene rings is 1. The van der Waals surface area contributed by atoms with Crippen LogP contribution in [0.3, 0.4) is 0 Å². The normalized spacial score (nSPS) is 13.9. The highest BCUT2D eigenvalue weighted by Crippen LogP contribution is 2.38. The Morgan fingerprint density at radius 2 is 2.00 bits per heavy atom. The molecule has 0 spiro atoms. The number of primary amides is 1. The molecule has 1 aliphatic rings. The molecule has 5 nitrogen and oxygen atoms in total. The van der Waals surface area contributed by atoms with Crippen molar-refractivity contribution in [3.8, 4) is 0 Å². The summed E-state index contributed by atoms with van der Waals surface area (Å²) in [5.74, 6) is 0.0801. The number of fused-ring (bicyclic) bond motifs is 1. The Bertz CT molecular complexity index is 1080. The van der Waals surface area contributed by atoms with E-state index in [0.717, 1.165) is 28.7 Å². The lowest BCUT2D eigenvalue weighted by molar-refractivity contribution is 0.100. The van der Waals surface area contributed by atoms with Crippen LogP contribution in [0.1, 0.15) is 33.6 Å². The highest BCUT2D eigenvalue weighted by molar-refractivity contribution is 7.21. The Kier molecular flexibility index (Phi) is 4.07. The standard InChI is InChI=1S/C20H21N3O2S/c1-11-3-6-14(9-12(11)2)22-17-15-7-8-16(24)23(10-13-4-5-13)20(15)26-18(17)19(21)25/h3,6-9,13,22H,4-5,10H2,1-2H3,(H2,21,25). The number of nitrogens with two attached hydrogens (primary N) is 1. The molecule has 0 unspecified atom stereocenters. The van der Waals surface area contributed by atoms with Crippen molar-refractivity contribution in [3.05, 3.63) is 56.7 Å². The van der Waals surface area contributed by atoms with Crippen LogP contribution in [0.4, 0.5) is 11.4 Å². The number of amides is 1. The molecule has 3 aromatic rings. The van der Waals surface area contributed by atoms with Gasteiger partial charge in [-0.3, -0.25) is 14.2 Å². The van der Waals surface area contributed by atoms with Crippen molar-refractivity contribution >= 4 is 38.8 Å². The van der Waals surface area contributed by atoms with Crippen LogP contribution in [0, 0.1) is 19.8 Å². The fraction of sp³-hybridized carbons (Fsp3) is 0.300. The predicted octanol–water partition coefficient (Wildman–Crippen LogP) is 3.93. The highest BCUT2D eigenvalue weighted by atomic mass is 32.1. The number of rotatable bonds is 5. The van der Waals surface area contributed by atoms with Gasteiger partial charge in [-0.25, -0.2) is 0 Å².